The largest absolute Gasteiger partial charge is 0.398 e. The van der Waals surface area contributed by atoms with Gasteiger partial charge in [0, 0.05) is 5.69 Å². The number of nitrogens with one attached hydrogen (secondary N) is 1. The van der Waals surface area contributed by atoms with Crippen LogP contribution in [0.2, 0.25) is 0 Å². The molecule has 0 saturated carbocycles. The van der Waals surface area contributed by atoms with Crippen molar-refractivity contribution < 1.29 is 4.39 Å². The molecule has 0 aliphatic heterocycles. The van der Waals surface area contributed by atoms with Crippen molar-refractivity contribution in [2.24, 2.45) is 0 Å². The van der Waals surface area contributed by atoms with E-state index in [2.05, 4.69) is 5.10 Å². The summed E-state index contributed by atoms with van der Waals surface area (Å²) in [6.45, 7) is 0.00248. The Kier molecular flexibility index (Phi) is 3.06. The van der Waals surface area contributed by atoms with Gasteiger partial charge in [0.2, 0.25) is 0 Å². The van der Waals surface area contributed by atoms with Gasteiger partial charge in [-0.05, 0) is 35.9 Å². The number of rotatable bonds is 2. The smallest absolute Gasteiger partial charge is 0.273 e. The van der Waals surface area contributed by atoms with E-state index in [1.165, 1.54) is 18.2 Å². The van der Waals surface area contributed by atoms with Crippen LogP contribution in [0.5, 0.6) is 0 Å². The molecule has 0 unspecified atom stereocenters. The van der Waals surface area contributed by atoms with Gasteiger partial charge >= 0.3 is 0 Å². The van der Waals surface area contributed by atoms with Gasteiger partial charge in [-0.2, -0.15) is 0 Å². The van der Waals surface area contributed by atoms with E-state index >= 15 is 0 Å². The van der Waals surface area contributed by atoms with Crippen LogP contribution in [0.15, 0.2) is 52.1 Å². The maximum Gasteiger partial charge on any atom is 0.273 e. The molecular formula is C15H12FN3O2. The fourth-order valence-electron chi connectivity index (χ4n) is 2.24. The third kappa shape index (κ3) is 2.31. The number of nitrogens with two attached hydrogens (primary N) is 1. The molecule has 0 saturated heterocycles. The summed E-state index contributed by atoms with van der Waals surface area (Å²) < 4.78 is 14.4. The minimum absolute atomic E-state index is 0.00248. The summed E-state index contributed by atoms with van der Waals surface area (Å²) in [5.74, 6) is -0.449. The second kappa shape index (κ2) is 4.90. The Morgan fingerprint density at radius 1 is 1.10 bits per heavy atom. The lowest BCUT2D eigenvalue weighted by Crippen LogP contribution is -2.30. The molecule has 3 rings (SSSR count). The number of aromatic nitrogens is 2. The molecule has 0 radical (unpaired) electrons. The quantitative estimate of drug-likeness (QED) is 0.699. The van der Waals surface area contributed by atoms with Gasteiger partial charge in [-0.1, -0.05) is 12.1 Å². The van der Waals surface area contributed by atoms with Crippen molar-refractivity contribution in [2.75, 3.05) is 5.73 Å². The number of nitrogens with zero attached hydrogens (tertiary/aromatic N) is 1. The third-order valence-electron chi connectivity index (χ3n) is 3.32. The van der Waals surface area contributed by atoms with Gasteiger partial charge in [-0.15, -0.1) is 0 Å². The average Bonchev–Trinajstić information content (AvgIpc) is 2.48. The molecule has 5 nitrogen and oxygen atoms in total. The minimum Gasteiger partial charge on any atom is -0.398 e. The average molecular weight is 285 g/mol. The summed E-state index contributed by atoms with van der Waals surface area (Å²) in [5, 5.41) is 3.13. The Morgan fingerprint density at radius 3 is 2.57 bits per heavy atom. The zero-order valence-corrected chi connectivity index (χ0v) is 11.0. The highest BCUT2D eigenvalue weighted by Gasteiger charge is 2.09. The summed E-state index contributed by atoms with van der Waals surface area (Å²) in [4.78, 5) is 24.3. The van der Waals surface area contributed by atoms with Crippen LogP contribution in [-0.2, 0) is 6.54 Å². The zero-order chi connectivity index (χ0) is 15.0. The topological polar surface area (TPSA) is 80.9 Å². The van der Waals surface area contributed by atoms with Gasteiger partial charge in [0.25, 0.3) is 11.1 Å². The molecule has 0 atom stereocenters. The van der Waals surface area contributed by atoms with Crippen LogP contribution in [0, 0.1) is 5.82 Å². The Labute approximate surface area is 118 Å². The molecule has 1 aromatic heterocycles. The van der Waals surface area contributed by atoms with Crippen molar-refractivity contribution in [3.63, 3.8) is 0 Å². The van der Waals surface area contributed by atoms with Crippen LogP contribution < -0.4 is 16.9 Å². The maximum atomic E-state index is 13.3. The van der Waals surface area contributed by atoms with E-state index in [4.69, 9.17) is 5.73 Å². The highest BCUT2D eigenvalue weighted by Crippen LogP contribution is 2.14. The number of halogens is 1. The van der Waals surface area contributed by atoms with Crippen molar-refractivity contribution >= 4 is 16.5 Å². The van der Waals surface area contributed by atoms with Crippen LogP contribution in [0.25, 0.3) is 10.8 Å². The third-order valence-corrected chi connectivity index (χ3v) is 3.32. The fraction of sp³-hybridized carbons (Fsp3) is 0.0667. The first-order valence-electron chi connectivity index (χ1n) is 6.32. The van der Waals surface area contributed by atoms with E-state index in [0.29, 0.717) is 22.0 Å². The molecule has 3 aromatic rings. The molecular weight excluding hydrogens is 273 g/mol. The molecule has 0 fully saturated rings. The number of hydrogen-bond acceptors (Lipinski definition) is 3. The molecule has 2 aromatic carbocycles. The van der Waals surface area contributed by atoms with Crippen LogP contribution in [0.3, 0.4) is 0 Å². The molecule has 0 aliphatic carbocycles. The summed E-state index contributed by atoms with van der Waals surface area (Å²) >= 11 is 0. The summed E-state index contributed by atoms with van der Waals surface area (Å²) in [7, 11) is 0. The second-order valence-electron chi connectivity index (χ2n) is 4.72. The van der Waals surface area contributed by atoms with Crippen LogP contribution in [0.4, 0.5) is 10.1 Å². The van der Waals surface area contributed by atoms with Crippen LogP contribution in [-0.4, -0.2) is 9.78 Å². The van der Waals surface area contributed by atoms with Crippen molar-refractivity contribution in [1.82, 2.24) is 9.78 Å². The molecule has 106 valence electrons. The van der Waals surface area contributed by atoms with Gasteiger partial charge < -0.3 is 5.73 Å². The van der Waals surface area contributed by atoms with E-state index < -0.39 is 5.82 Å². The van der Waals surface area contributed by atoms with Crippen LogP contribution in [0.1, 0.15) is 5.56 Å². The van der Waals surface area contributed by atoms with E-state index in [0.717, 1.165) is 4.68 Å². The Balaban J connectivity index is 2.18. The Morgan fingerprint density at radius 2 is 1.81 bits per heavy atom. The first kappa shape index (κ1) is 13.1. The molecule has 0 amide bonds. The van der Waals surface area contributed by atoms with Crippen molar-refractivity contribution in [2.45, 2.75) is 6.54 Å². The lowest BCUT2D eigenvalue weighted by molar-refractivity contribution is 0.611. The molecule has 6 heteroatoms. The number of fused-ring (bicyclic) bond motifs is 1. The molecule has 0 bridgehead atoms. The van der Waals surface area contributed by atoms with Gasteiger partial charge in [-0.25, -0.2) is 9.07 Å². The monoisotopic (exact) mass is 285 g/mol. The summed E-state index contributed by atoms with van der Waals surface area (Å²) in [6.07, 6.45) is 0. The predicted octanol–water partition coefficient (Wildman–Crippen LogP) is 1.46. The molecule has 0 aliphatic rings. The second-order valence-corrected chi connectivity index (χ2v) is 4.72. The van der Waals surface area contributed by atoms with Gasteiger partial charge in [0.1, 0.15) is 5.82 Å². The Bertz CT molecular complexity index is 944. The highest BCUT2D eigenvalue weighted by atomic mass is 19.1. The lowest BCUT2D eigenvalue weighted by Gasteiger charge is -2.09. The molecule has 0 spiro atoms. The van der Waals surface area contributed by atoms with E-state index in [1.807, 2.05) is 0 Å². The molecule has 1 heterocycles. The van der Waals surface area contributed by atoms with E-state index in [1.54, 1.807) is 24.3 Å². The summed E-state index contributed by atoms with van der Waals surface area (Å²) in [6, 6.07) is 10.4. The van der Waals surface area contributed by atoms with Crippen molar-refractivity contribution in [1.29, 1.82) is 0 Å². The number of hydrogen-bond donors (Lipinski definition) is 2. The van der Waals surface area contributed by atoms with E-state index in [-0.39, 0.29) is 17.7 Å². The van der Waals surface area contributed by atoms with Crippen LogP contribution >= 0.6 is 0 Å². The first-order valence-corrected chi connectivity index (χ1v) is 6.32. The molecule has 21 heavy (non-hydrogen) atoms. The maximum absolute atomic E-state index is 13.3. The SMILES string of the molecule is Nc1ccc(F)cc1Cn1[nH]c(=O)c2ccccc2c1=O. The minimum atomic E-state index is -0.449. The summed E-state index contributed by atoms with van der Waals surface area (Å²) in [5.41, 5.74) is 5.83. The zero-order valence-electron chi connectivity index (χ0n) is 11.0. The Hall–Kier alpha value is -2.89. The lowest BCUT2D eigenvalue weighted by atomic mass is 10.1. The van der Waals surface area contributed by atoms with Gasteiger partial charge in [0.05, 0.1) is 17.3 Å². The van der Waals surface area contributed by atoms with Crippen molar-refractivity contribution in [3.05, 3.63) is 74.6 Å². The van der Waals surface area contributed by atoms with Crippen molar-refractivity contribution in [3.8, 4) is 0 Å². The number of H-pyrrole nitrogens is 1. The standard InChI is InChI=1S/C15H12FN3O2/c16-10-5-6-13(17)9(7-10)8-19-15(21)12-4-2-1-3-11(12)14(20)18-19/h1-7H,8,17H2,(H,18,20). The number of aromatic amines is 1. The first-order chi connectivity index (χ1) is 10.1. The number of anilines is 1. The highest BCUT2D eigenvalue weighted by molar-refractivity contribution is 5.80. The predicted molar refractivity (Wildman–Crippen MR) is 78.7 cm³/mol. The van der Waals surface area contributed by atoms with Gasteiger partial charge in [-0.3, -0.25) is 14.7 Å². The number of benzene rings is 2. The van der Waals surface area contributed by atoms with Gasteiger partial charge in [0.15, 0.2) is 0 Å². The fourth-order valence-corrected chi connectivity index (χ4v) is 2.24. The molecule has 3 N–H and O–H groups in total. The van der Waals surface area contributed by atoms with E-state index in [9.17, 15) is 14.0 Å². The number of nitrogen functional groups attached to an aromatic ring is 1. The normalized spacial score (nSPS) is 10.9.